The van der Waals surface area contributed by atoms with Crippen LogP contribution in [0.15, 0.2) is 23.7 Å². The average molecular weight is 396 g/mol. The standard InChI is InChI=1S/C18H29N5O3S/c1-15-12-19-17(23(15)7-4-10-26-3)11-16-5-8-22(9-6-16)27(24,25)18-13-21(2)14-20-18/h12-14,16H,4-11H2,1-3H3. The van der Waals surface area contributed by atoms with Crippen molar-refractivity contribution < 1.29 is 13.2 Å². The monoisotopic (exact) mass is 395 g/mol. The number of imidazole rings is 2. The lowest BCUT2D eigenvalue weighted by Crippen LogP contribution is -2.39. The second-order valence-electron chi connectivity index (χ2n) is 7.24. The Hall–Kier alpha value is -1.71. The predicted molar refractivity (Wildman–Crippen MR) is 102 cm³/mol. The molecule has 0 radical (unpaired) electrons. The Morgan fingerprint density at radius 1 is 1.26 bits per heavy atom. The van der Waals surface area contributed by atoms with Crippen LogP contribution in [0.25, 0.3) is 0 Å². The zero-order chi connectivity index (χ0) is 19.4. The van der Waals surface area contributed by atoms with Crippen LogP contribution in [0.3, 0.4) is 0 Å². The van der Waals surface area contributed by atoms with Crippen LogP contribution in [0.2, 0.25) is 0 Å². The van der Waals surface area contributed by atoms with Gasteiger partial charge >= 0.3 is 0 Å². The second kappa shape index (κ2) is 8.53. The summed E-state index contributed by atoms with van der Waals surface area (Å²) in [6.45, 7) is 4.79. The molecule has 9 heteroatoms. The highest BCUT2D eigenvalue weighted by molar-refractivity contribution is 7.89. The topological polar surface area (TPSA) is 82.3 Å². The molecule has 1 saturated heterocycles. The van der Waals surface area contributed by atoms with Gasteiger partial charge in [0.05, 0.1) is 6.33 Å². The fourth-order valence-electron chi connectivity index (χ4n) is 3.61. The number of methoxy groups -OCH3 is 1. The van der Waals surface area contributed by atoms with Gasteiger partial charge in [0, 0.05) is 64.9 Å². The molecule has 0 unspecified atom stereocenters. The van der Waals surface area contributed by atoms with Crippen molar-refractivity contribution in [3.8, 4) is 0 Å². The first-order valence-corrected chi connectivity index (χ1v) is 10.8. The van der Waals surface area contributed by atoms with E-state index in [9.17, 15) is 8.42 Å². The lowest BCUT2D eigenvalue weighted by Gasteiger charge is -2.30. The Bertz CT molecular complexity index is 850. The van der Waals surface area contributed by atoms with Crippen molar-refractivity contribution in [2.24, 2.45) is 13.0 Å². The molecule has 0 N–H and O–H groups in total. The highest BCUT2D eigenvalue weighted by Gasteiger charge is 2.31. The summed E-state index contributed by atoms with van der Waals surface area (Å²) in [6.07, 6.45) is 8.53. The van der Waals surface area contributed by atoms with E-state index in [-0.39, 0.29) is 5.03 Å². The van der Waals surface area contributed by atoms with Crippen molar-refractivity contribution in [3.63, 3.8) is 0 Å². The molecule has 150 valence electrons. The number of aromatic nitrogens is 4. The summed E-state index contributed by atoms with van der Waals surface area (Å²) < 4.78 is 36.0. The average Bonchev–Trinajstić information content (AvgIpc) is 3.23. The van der Waals surface area contributed by atoms with Crippen LogP contribution in [0, 0.1) is 12.8 Å². The van der Waals surface area contributed by atoms with Crippen LogP contribution in [-0.2, 0) is 34.8 Å². The van der Waals surface area contributed by atoms with Crippen molar-refractivity contribution in [2.75, 3.05) is 26.8 Å². The molecule has 1 fully saturated rings. The predicted octanol–water partition coefficient (Wildman–Crippen LogP) is 1.60. The summed E-state index contributed by atoms with van der Waals surface area (Å²) in [7, 11) is -0.000263. The first kappa shape index (κ1) is 20.0. The molecule has 8 nitrogen and oxygen atoms in total. The van der Waals surface area contributed by atoms with Gasteiger partial charge in [-0.3, -0.25) is 0 Å². The van der Waals surface area contributed by atoms with Crippen molar-refractivity contribution in [2.45, 2.75) is 44.2 Å². The zero-order valence-electron chi connectivity index (χ0n) is 16.3. The van der Waals surface area contributed by atoms with Gasteiger partial charge in [-0.05, 0) is 32.1 Å². The van der Waals surface area contributed by atoms with E-state index >= 15 is 0 Å². The number of hydrogen-bond donors (Lipinski definition) is 0. The fourth-order valence-corrected chi connectivity index (χ4v) is 5.05. The molecule has 27 heavy (non-hydrogen) atoms. The van der Waals surface area contributed by atoms with Gasteiger partial charge in [-0.2, -0.15) is 4.31 Å². The van der Waals surface area contributed by atoms with Gasteiger partial charge < -0.3 is 13.9 Å². The van der Waals surface area contributed by atoms with Crippen molar-refractivity contribution >= 4 is 10.0 Å². The number of aryl methyl sites for hydroxylation is 2. The van der Waals surface area contributed by atoms with Gasteiger partial charge in [-0.25, -0.2) is 18.4 Å². The zero-order valence-corrected chi connectivity index (χ0v) is 17.2. The SMILES string of the molecule is COCCCn1c(C)cnc1CC1CCN(S(=O)(=O)c2cn(C)cn2)CC1. The number of piperidine rings is 1. The van der Waals surface area contributed by atoms with Crippen LogP contribution in [0.1, 0.15) is 30.8 Å². The Labute approximate surface area is 161 Å². The van der Waals surface area contributed by atoms with E-state index in [2.05, 4.69) is 21.5 Å². The molecule has 0 bridgehead atoms. The fraction of sp³-hybridized carbons (Fsp3) is 0.667. The first-order chi connectivity index (χ1) is 12.9. The largest absolute Gasteiger partial charge is 0.385 e. The molecule has 3 heterocycles. The van der Waals surface area contributed by atoms with Gasteiger partial charge in [-0.15, -0.1) is 0 Å². The molecule has 1 aliphatic heterocycles. The number of ether oxygens (including phenoxy) is 1. The Kier molecular flexibility index (Phi) is 6.33. The number of sulfonamides is 1. The number of rotatable bonds is 8. The molecule has 2 aromatic heterocycles. The summed E-state index contributed by atoms with van der Waals surface area (Å²) >= 11 is 0. The Balaban J connectivity index is 1.59. The molecule has 0 spiro atoms. The van der Waals surface area contributed by atoms with Crippen LogP contribution < -0.4 is 0 Å². The van der Waals surface area contributed by atoms with Crippen LogP contribution in [0.5, 0.6) is 0 Å². The molecule has 0 aliphatic carbocycles. The highest BCUT2D eigenvalue weighted by Crippen LogP contribution is 2.25. The maximum Gasteiger partial charge on any atom is 0.262 e. The number of nitrogens with zero attached hydrogens (tertiary/aromatic N) is 5. The molecular weight excluding hydrogens is 366 g/mol. The first-order valence-electron chi connectivity index (χ1n) is 9.40. The molecule has 0 aromatic carbocycles. The smallest absolute Gasteiger partial charge is 0.262 e. The molecule has 1 aliphatic rings. The molecule has 3 rings (SSSR count). The van der Waals surface area contributed by atoms with E-state index in [1.165, 1.54) is 6.33 Å². The minimum Gasteiger partial charge on any atom is -0.385 e. The summed E-state index contributed by atoms with van der Waals surface area (Å²) in [5, 5.41) is 0.132. The Morgan fingerprint density at radius 2 is 2.00 bits per heavy atom. The van der Waals surface area contributed by atoms with E-state index in [4.69, 9.17) is 4.74 Å². The van der Waals surface area contributed by atoms with Gasteiger partial charge in [0.25, 0.3) is 10.0 Å². The summed E-state index contributed by atoms with van der Waals surface area (Å²) in [4.78, 5) is 8.59. The van der Waals surface area contributed by atoms with Gasteiger partial charge in [-0.1, -0.05) is 0 Å². The van der Waals surface area contributed by atoms with Crippen LogP contribution in [-0.4, -0.2) is 58.6 Å². The van der Waals surface area contributed by atoms with Gasteiger partial charge in [0.1, 0.15) is 5.82 Å². The van der Waals surface area contributed by atoms with Crippen molar-refractivity contribution in [3.05, 3.63) is 30.2 Å². The maximum absolute atomic E-state index is 12.7. The van der Waals surface area contributed by atoms with E-state index in [0.29, 0.717) is 19.0 Å². The third kappa shape index (κ3) is 4.59. The molecule has 0 saturated carbocycles. The maximum atomic E-state index is 12.7. The van der Waals surface area contributed by atoms with Gasteiger partial charge in [0.15, 0.2) is 5.03 Å². The minimum atomic E-state index is -3.49. The van der Waals surface area contributed by atoms with E-state index in [1.807, 2.05) is 6.20 Å². The molecule has 0 atom stereocenters. The quantitative estimate of drug-likeness (QED) is 0.634. The summed E-state index contributed by atoms with van der Waals surface area (Å²) in [6, 6.07) is 0. The Morgan fingerprint density at radius 3 is 2.63 bits per heavy atom. The molecule has 0 amide bonds. The van der Waals surface area contributed by atoms with E-state index < -0.39 is 10.0 Å². The van der Waals surface area contributed by atoms with Crippen LogP contribution >= 0.6 is 0 Å². The molecular formula is C18H29N5O3S. The molecule has 2 aromatic rings. The third-order valence-corrected chi connectivity index (χ3v) is 6.98. The second-order valence-corrected chi connectivity index (χ2v) is 9.13. The number of hydrogen-bond acceptors (Lipinski definition) is 5. The lowest BCUT2D eigenvalue weighted by atomic mass is 9.94. The highest BCUT2D eigenvalue weighted by atomic mass is 32.2. The van der Waals surface area contributed by atoms with Crippen LogP contribution in [0.4, 0.5) is 0 Å². The lowest BCUT2D eigenvalue weighted by molar-refractivity contribution is 0.189. The summed E-state index contributed by atoms with van der Waals surface area (Å²) in [5.74, 6) is 1.54. The van der Waals surface area contributed by atoms with E-state index in [0.717, 1.165) is 50.4 Å². The van der Waals surface area contributed by atoms with Crippen molar-refractivity contribution in [1.82, 2.24) is 23.4 Å². The third-order valence-electron chi connectivity index (χ3n) is 5.20. The summed E-state index contributed by atoms with van der Waals surface area (Å²) in [5.41, 5.74) is 1.16. The minimum absolute atomic E-state index is 0.132. The van der Waals surface area contributed by atoms with Gasteiger partial charge in [0.2, 0.25) is 0 Å². The van der Waals surface area contributed by atoms with E-state index in [1.54, 1.807) is 29.2 Å². The van der Waals surface area contributed by atoms with Crippen molar-refractivity contribution in [1.29, 1.82) is 0 Å². The normalized spacial score (nSPS) is 16.9.